The highest BCUT2D eigenvalue weighted by Gasteiger charge is 2.22. The predicted molar refractivity (Wildman–Crippen MR) is 148 cm³/mol. The van der Waals surface area contributed by atoms with Gasteiger partial charge < -0.3 is 24.3 Å². The first-order valence-electron chi connectivity index (χ1n) is 13.5. The van der Waals surface area contributed by atoms with Crippen LogP contribution in [-0.2, 0) is 24.8 Å². The van der Waals surface area contributed by atoms with E-state index in [2.05, 4.69) is 20.1 Å². The topological polar surface area (TPSA) is 92.2 Å². The van der Waals surface area contributed by atoms with Crippen molar-refractivity contribution in [1.82, 2.24) is 24.3 Å². The minimum absolute atomic E-state index is 0.182. The number of amides is 2. The summed E-state index contributed by atoms with van der Waals surface area (Å²) >= 11 is 0. The number of hydrogen-bond acceptors (Lipinski definition) is 7. The third-order valence-electron chi connectivity index (χ3n) is 7.12. The van der Waals surface area contributed by atoms with Crippen molar-refractivity contribution in [2.45, 2.75) is 13.0 Å². The summed E-state index contributed by atoms with van der Waals surface area (Å²) in [4.78, 5) is 36.1. The lowest BCUT2D eigenvalue weighted by Gasteiger charge is -2.33. The number of aromatic nitrogens is 2. The largest absolute Gasteiger partial charge is 0.415 e. The molecule has 0 atom stereocenters. The van der Waals surface area contributed by atoms with Gasteiger partial charge in [0.15, 0.2) is 0 Å². The van der Waals surface area contributed by atoms with Gasteiger partial charge in [-0.2, -0.15) is 0 Å². The Hall–Kier alpha value is -3.73. The third kappa shape index (κ3) is 7.66. The molecule has 2 aromatic carbocycles. The quantitative estimate of drug-likeness (QED) is 0.477. The van der Waals surface area contributed by atoms with E-state index in [0.29, 0.717) is 30.1 Å². The first-order valence-corrected chi connectivity index (χ1v) is 13.5. The summed E-state index contributed by atoms with van der Waals surface area (Å²) in [6.07, 6.45) is 4.40. The molecular weight excluding hydrogens is 496 g/mol. The third-order valence-corrected chi connectivity index (χ3v) is 7.12. The first kappa shape index (κ1) is 26.9. The van der Waals surface area contributed by atoms with Gasteiger partial charge in [-0.1, -0.05) is 12.1 Å². The molecule has 206 valence electrons. The number of rotatable bonds is 8. The van der Waals surface area contributed by atoms with Gasteiger partial charge in [-0.25, -0.2) is 9.78 Å². The fourth-order valence-electron chi connectivity index (χ4n) is 4.78. The van der Waals surface area contributed by atoms with Gasteiger partial charge in [0.1, 0.15) is 5.75 Å². The molecule has 0 bridgehead atoms. The Kier molecular flexibility index (Phi) is 8.87. The fourth-order valence-corrected chi connectivity index (χ4v) is 4.78. The SMILES string of the molecule is Cn1cnc(CCN2CCN(C(=O)Oc3ccc(NC(=O)c4ccc(CN5CCOCC5)cc4)cc3)CC2)c1. The van der Waals surface area contributed by atoms with E-state index < -0.39 is 0 Å². The van der Waals surface area contributed by atoms with Crippen LogP contribution in [0.4, 0.5) is 10.5 Å². The standard InChI is InChI=1S/C29H36N6O4/c1-32-21-26(30-22-32)10-11-33-12-14-35(15-13-33)29(37)39-27-8-6-25(7-9-27)31-28(36)24-4-2-23(3-5-24)20-34-16-18-38-19-17-34/h2-9,21-22H,10-20H2,1H3,(H,31,36). The molecule has 2 amide bonds. The Labute approximate surface area is 229 Å². The maximum atomic E-state index is 12.7. The van der Waals surface area contributed by atoms with Crippen LogP contribution in [0.15, 0.2) is 61.1 Å². The van der Waals surface area contributed by atoms with Gasteiger partial charge in [0.25, 0.3) is 5.91 Å². The highest BCUT2D eigenvalue weighted by Crippen LogP contribution is 2.18. The Balaban J connectivity index is 1.04. The van der Waals surface area contributed by atoms with E-state index in [1.165, 1.54) is 5.56 Å². The maximum absolute atomic E-state index is 12.7. The van der Waals surface area contributed by atoms with Crippen LogP contribution in [0, 0.1) is 0 Å². The van der Waals surface area contributed by atoms with Crippen LogP contribution < -0.4 is 10.1 Å². The van der Waals surface area contributed by atoms with E-state index in [0.717, 1.165) is 64.6 Å². The second-order valence-electron chi connectivity index (χ2n) is 10.0. The lowest BCUT2D eigenvalue weighted by Crippen LogP contribution is -2.49. The summed E-state index contributed by atoms with van der Waals surface area (Å²) in [6, 6.07) is 14.6. The summed E-state index contributed by atoms with van der Waals surface area (Å²) in [5.41, 5.74) is 3.48. The van der Waals surface area contributed by atoms with Gasteiger partial charge >= 0.3 is 6.09 Å². The summed E-state index contributed by atoms with van der Waals surface area (Å²) in [5.74, 6) is 0.265. The second kappa shape index (κ2) is 12.9. The Morgan fingerprint density at radius 1 is 0.923 bits per heavy atom. The number of ether oxygens (including phenoxy) is 2. The fraction of sp³-hybridized carbons (Fsp3) is 0.414. The van der Waals surface area contributed by atoms with Crippen LogP contribution in [0.3, 0.4) is 0 Å². The van der Waals surface area contributed by atoms with Crippen molar-refractivity contribution in [1.29, 1.82) is 0 Å². The molecule has 10 heteroatoms. The summed E-state index contributed by atoms with van der Waals surface area (Å²) in [5, 5.41) is 2.90. The van der Waals surface area contributed by atoms with Crippen LogP contribution >= 0.6 is 0 Å². The molecule has 2 fully saturated rings. The average Bonchev–Trinajstić information content (AvgIpc) is 3.39. The molecule has 1 aromatic heterocycles. The average molecular weight is 533 g/mol. The molecule has 10 nitrogen and oxygen atoms in total. The summed E-state index contributed by atoms with van der Waals surface area (Å²) < 4.78 is 12.9. The van der Waals surface area contributed by atoms with Crippen molar-refractivity contribution in [3.63, 3.8) is 0 Å². The van der Waals surface area contributed by atoms with Crippen LogP contribution in [-0.4, -0.2) is 95.3 Å². The van der Waals surface area contributed by atoms with Crippen LogP contribution in [0.5, 0.6) is 5.75 Å². The Morgan fingerprint density at radius 2 is 1.64 bits per heavy atom. The van der Waals surface area contributed by atoms with Crippen molar-refractivity contribution >= 4 is 17.7 Å². The zero-order chi connectivity index (χ0) is 27.0. The van der Waals surface area contributed by atoms with Gasteiger partial charge in [-0.05, 0) is 42.0 Å². The number of piperazine rings is 1. The maximum Gasteiger partial charge on any atom is 0.415 e. The number of aryl methyl sites for hydroxylation is 1. The number of hydrogen-bond donors (Lipinski definition) is 1. The second-order valence-corrected chi connectivity index (χ2v) is 10.0. The molecule has 0 saturated carbocycles. The molecule has 2 aliphatic rings. The number of nitrogens with one attached hydrogen (secondary N) is 1. The van der Waals surface area contributed by atoms with Gasteiger partial charge in [-0.3, -0.25) is 14.6 Å². The van der Waals surface area contributed by atoms with Gasteiger partial charge in [0.05, 0.1) is 25.2 Å². The smallest absolute Gasteiger partial charge is 0.410 e. The molecule has 1 N–H and O–H groups in total. The van der Waals surface area contributed by atoms with Crippen molar-refractivity contribution in [2.75, 3.05) is 64.3 Å². The Bertz CT molecular complexity index is 1230. The lowest BCUT2D eigenvalue weighted by molar-refractivity contribution is 0.0342. The Morgan fingerprint density at radius 3 is 2.31 bits per heavy atom. The monoisotopic (exact) mass is 532 g/mol. The molecule has 2 saturated heterocycles. The molecule has 0 unspecified atom stereocenters. The molecule has 0 radical (unpaired) electrons. The molecule has 3 aromatic rings. The minimum atomic E-state index is -0.353. The number of carbonyl (C=O) groups excluding carboxylic acids is 2. The summed E-state index contributed by atoms with van der Waals surface area (Å²) in [6.45, 7) is 8.03. The molecule has 39 heavy (non-hydrogen) atoms. The van der Waals surface area contributed by atoms with Crippen LogP contribution in [0.25, 0.3) is 0 Å². The van der Waals surface area contributed by atoms with Crippen LogP contribution in [0.1, 0.15) is 21.6 Å². The highest BCUT2D eigenvalue weighted by molar-refractivity contribution is 6.04. The molecule has 0 aliphatic carbocycles. The normalized spacial score (nSPS) is 16.7. The molecule has 3 heterocycles. The van der Waals surface area contributed by atoms with Crippen molar-refractivity contribution in [3.8, 4) is 5.75 Å². The minimum Gasteiger partial charge on any atom is -0.410 e. The number of imidazole rings is 1. The predicted octanol–water partition coefficient (Wildman–Crippen LogP) is 2.86. The van der Waals surface area contributed by atoms with E-state index in [-0.39, 0.29) is 12.0 Å². The van der Waals surface area contributed by atoms with Crippen molar-refractivity contribution in [2.24, 2.45) is 7.05 Å². The molecule has 5 rings (SSSR count). The van der Waals surface area contributed by atoms with Gasteiger partial charge in [-0.15, -0.1) is 0 Å². The zero-order valence-corrected chi connectivity index (χ0v) is 22.4. The van der Waals surface area contributed by atoms with E-state index in [1.807, 2.05) is 48.4 Å². The number of nitrogens with zero attached hydrogens (tertiary/aromatic N) is 5. The lowest BCUT2D eigenvalue weighted by atomic mass is 10.1. The number of morpholine rings is 1. The van der Waals surface area contributed by atoms with Gasteiger partial charge in [0.2, 0.25) is 0 Å². The van der Waals surface area contributed by atoms with E-state index in [4.69, 9.17) is 9.47 Å². The number of benzene rings is 2. The molecular formula is C29H36N6O4. The van der Waals surface area contributed by atoms with Gasteiger partial charge in [0, 0.05) is 83.3 Å². The number of carbonyl (C=O) groups is 2. The van der Waals surface area contributed by atoms with E-state index in [1.54, 1.807) is 29.2 Å². The van der Waals surface area contributed by atoms with E-state index >= 15 is 0 Å². The zero-order valence-electron chi connectivity index (χ0n) is 22.4. The molecule has 2 aliphatic heterocycles. The van der Waals surface area contributed by atoms with Crippen LogP contribution in [0.2, 0.25) is 0 Å². The first-order chi connectivity index (χ1) is 19.0. The van der Waals surface area contributed by atoms with Crippen molar-refractivity contribution in [3.05, 3.63) is 77.9 Å². The van der Waals surface area contributed by atoms with E-state index in [9.17, 15) is 9.59 Å². The van der Waals surface area contributed by atoms with Crippen molar-refractivity contribution < 1.29 is 19.1 Å². The molecule has 0 spiro atoms. The summed E-state index contributed by atoms with van der Waals surface area (Å²) in [7, 11) is 1.97. The highest BCUT2D eigenvalue weighted by atomic mass is 16.6. The number of anilines is 1.